The average molecular weight is 553 g/mol. The van der Waals surface area contributed by atoms with Crippen molar-refractivity contribution in [2.45, 2.75) is 40.7 Å². The summed E-state index contributed by atoms with van der Waals surface area (Å²) in [6.45, 7) is 11.7. The lowest BCUT2D eigenvalue weighted by atomic mass is 10.1. The van der Waals surface area contributed by atoms with E-state index < -0.39 is 11.9 Å². The van der Waals surface area contributed by atoms with E-state index in [1.807, 2.05) is 26.8 Å². The number of hydrogen-bond donors (Lipinski definition) is 0. The zero-order chi connectivity index (χ0) is 26.4. The zero-order valence-corrected chi connectivity index (χ0v) is 22.4. The molecule has 3 heterocycles. The number of aryl methyl sites for hydroxylation is 1. The number of hydrogen-bond acceptors (Lipinski definition) is 5. The predicted molar refractivity (Wildman–Crippen MR) is 144 cm³/mol. The van der Waals surface area contributed by atoms with Gasteiger partial charge in [-0.25, -0.2) is 9.78 Å². The number of pyridine rings is 2. The number of nitrogens with zero attached hydrogens (tertiary/aromatic N) is 4. The Labute approximate surface area is 217 Å². The number of carbonyl (C=O) groups is 2. The van der Waals surface area contributed by atoms with Gasteiger partial charge in [0.15, 0.2) is 5.49 Å². The van der Waals surface area contributed by atoms with E-state index in [1.165, 1.54) is 10.5 Å². The van der Waals surface area contributed by atoms with Crippen LogP contribution in [0, 0.1) is 12.8 Å². The molecule has 0 fully saturated rings. The SMILES string of the molecule is C=C/C=C/C=C(\Br)CC(=O)N=c1c(C(=O)OCC)cc2c(=O)n3cccc(C)c3nc2n1CC(C)C. The molecule has 0 N–H and O–H groups in total. The van der Waals surface area contributed by atoms with Crippen LogP contribution in [0.3, 0.4) is 0 Å². The molecule has 0 saturated heterocycles. The minimum absolute atomic E-state index is 0.0175. The first-order valence-electron chi connectivity index (χ1n) is 11.6. The first kappa shape index (κ1) is 27.0. The summed E-state index contributed by atoms with van der Waals surface area (Å²) in [6, 6.07) is 5.06. The molecule has 0 aliphatic heterocycles. The second-order valence-corrected chi connectivity index (χ2v) is 9.58. The molecule has 188 valence electrons. The third-order valence-corrected chi connectivity index (χ3v) is 5.77. The van der Waals surface area contributed by atoms with Crippen molar-refractivity contribution >= 4 is 44.5 Å². The molecule has 0 saturated carbocycles. The quantitative estimate of drug-likeness (QED) is 0.230. The van der Waals surface area contributed by atoms with Gasteiger partial charge in [0.1, 0.15) is 16.9 Å². The third kappa shape index (κ3) is 5.96. The molecule has 0 bridgehead atoms. The lowest BCUT2D eigenvalue weighted by Crippen LogP contribution is -2.33. The summed E-state index contributed by atoms with van der Waals surface area (Å²) < 4.78 is 9.00. The lowest BCUT2D eigenvalue weighted by molar-refractivity contribution is -0.117. The maximum Gasteiger partial charge on any atom is 0.341 e. The number of esters is 1. The van der Waals surface area contributed by atoms with E-state index in [2.05, 4.69) is 27.5 Å². The smallest absolute Gasteiger partial charge is 0.341 e. The Hall–Kier alpha value is -3.59. The van der Waals surface area contributed by atoms with Crippen molar-refractivity contribution in [1.29, 1.82) is 0 Å². The predicted octanol–water partition coefficient (Wildman–Crippen LogP) is 4.63. The van der Waals surface area contributed by atoms with Gasteiger partial charge in [-0.3, -0.25) is 14.0 Å². The Morgan fingerprint density at radius 3 is 2.69 bits per heavy atom. The van der Waals surface area contributed by atoms with Gasteiger partial charge in [-0.05, 0) is 37.5 Å². The molecule has 8 nitrogen and oxygen atoms in total. The Kier molecular flexibility index (Phi) is 8.93. The minimum Gasteiger partial charge on any atom is -0.462 e. The maximum absolute atomic E-state index is 13.4. The Morgan fingerprint density at radius 1 is 1.28 bits per heavy atom. The van der Waals surface area contributed by atoms with Gasteiger partial charge >= 0.3 is 5.97 Å². The Bertz CT molecular complexity index is 1530. The van der Waals surface area contributed by atoms with Crippen molar-refractivity contribution in [3.05, 3.63) is 86.7 Å². The van der Waals surface area contributed by atoms with Crippen LogP contribution >= 0.6 is 15.9 Å². The number of ether oxygens (including phenoxy) is 1. The van der Waals surface area contributed by atoms with Gasteiger partial charge in [0.25, 0.3) is 11.5 Å². The van der Waals surface area contributed by atoms with Crippen LogP contribution < -0.4 is 11.0 Å². The van der Waals surface area contributed by atoms with Gasteiger partial charge in [0.05, 0.1) is 18.4 Å². The van der Waals surface area contributed by atoms with Crippen molar-refractivity contribution in [3.8, 4) is 0 Å². The number of halogens is 1. The van der Waals surface area contributed by atoms with Gasteiger partial charge in [0, 0.05) is 17.2 Å². The number of carbonyl (C=O) groups excluding carboxylic acids is 2. The molecule has 0 aliphatic carbocycles. The topological polar surface area (TPSA) is 95.0 Å². The van der Waals surface area contributed by atoms with E-state index in [0.717, 1.165) is 5.56 Å². The second kappa shape index (κ2) is 11.9. The molecule has 0 unspecified atom stereocenters. The molecule has 0 aliphatic rings. The molecular formula is C27H29BrN4O4. The molecule has 3 aromatic rings. The van der Waals surface area contributed by atoms with Gasteiger partial charge in [0.2, 0.25) is 0 Å². The first-order chi connectivity index (χ1) is 17.2. The van der Waals surface area contributed by atoms with Crippen molar-refractivity contribution < 1.29 is 14.3 Å². The summed E-state index contributed by atoms with van der Waals surface area (Å²) in [5.74, 6) is -1.03. The molecule has 0 spiro atoms. The van der Waals surface area contributed by atoms with E-state index in [9.17, 15) is 14.4 Å². The highest BCUT2D eigenvalue weighted by Crippen LogP contribution is 2.16. The highest BCUT2D eigenvalue weighted by atomic mass is 79.9. The normalized spacial score (nSPS) is 12.7. The summed E-state index contributed by atoms with van der Waals surface area (Å²) in [6.07, 6.45) is 8.45. The van der Waals surface area contributed by atoms with Crippen LogP contribution in [0.4, 0.5) is 0 Å². The number of allylic oxidation sites excluding steroid dienone is 4. The van der Waals surface area contributed by atoms with Crippen LogP contribution in [0.2, 0.25) is 0 Å². The van der Waals surface area contributed by atoms with Crippen molar-refractivity contribution in [2.75, 3.05) is 6.61 Å². The van der Waals surface area contributed by atoms with Crippen LogP contribution in [0.25, 0.3) is 16.7 Å². The van der Waals surface area contributed by atoms with E-state index in [4.69, 9.17) is 9.72 Å². The third-order valence-electron chi connectivity index (χ3n) is 5.22. The summed E-state index contributed by atoms with van der Waals surface area (Å²) >= 11 is 3.38. The van der Waals surface area contributed by atoms with Crippen LogP contribution in [0.5, 0.6) is 0 Å². The van der Waals surface area contributed by atoms with Crippen LogP contribution in [-0.4, -0.2) is 32.4 Å². The van der Waals surface area contributed by atoms with Gasteiger partial charge < -0.3 is 9.30 Å². The second-order valence-electron chi connectivity index (χ2n) is 8.56. The van der Waals surface area contributed by atoms with Crippen LogP contribution in [-0.2, 0) is 16.1 Å². The monoisotopic (exact) mass is 552 g/mol. The standard InChI is InChI=1S/C27H29BrN4O4/c1-6-8-9-12-19(28)14-22(33)29-25-21(27(35)36-7-2)15-20-24(32(25)16-17(3)4)30-23-18(5)11-10-13-31(23)26(20)34/h6,8-13,15,17H,1,7,14,16H2,2-5H3/b9-8+,19-12-,29-25?. The Morgan fingerprint density at radius 2 is 2.03 bits per heavy atom. The number of aromatic nitrogens is 3. The molecule has 36 heavy (non-hydrogen) atoms. The van der Waals surface area contributed by atoms with Crippen molar-refractivity contribution in [3.63, 3.8) is 0 Å². The highest BCUT2D eigenvalue weighted by molar-refractivity contribution is 9.11. The van der Waals surface area contributed by atoms with Crippen LogP contribution in [0.1, 0.15) is 43.1 Å². The number of rotatable bonds is 8. The van der Waals surface area contributed by atoms with Crippen molar-refractivity contribution in [2.24, 2.45) is 10.9 Å². The average Bonchev–Trinajstić information content (AvgIpc) is 2.81. The molecule has 0 radical (unpaired) electrons. The van der Waals surface area contributed by atoms with E-state index in [0.29, 0.717) is 22.3 Å². The summed E-state index contributed by atoms with van der Waals surface area (Å²) in [4.78, 5) is 48.5. The van der Waals surface area contributed by atoms with Crippen LogP contribution in [0.15, 0.2) is 69.5 Å². The fourth-order valence-electron chi connectivity index (χ4n) is 3.70. The fraction of sp³-hybridized carbons (Fsp3) is 0.296. The van der Waals surface area contributed by atoms with E-state index in [1.54, 1.807) is 48.1 Å². The Balaban J connectivity index is 2.40. The molecule has 3 aromatic heterocycles. The minimum atomic E-state index is -0.666. The molecule has 3 rings (SSSR count). The highest BCUT2D eigenvalue weighted by Gasteiger charge is 2.21. The maximum atomic E-state index is 13.4. The lowest BCUT2D eigenvalue weighted by Gasteiger charge is -2.17. The number of fused-ring (bicyclic) bond motifs is 2. The zero-order valence-electron chi connectivity index (χ0n) is 20.8. The molecule has 0 atom stereocenters. The van der Waals surface area contributed by atoms with E-state index >= 15 is 0 Å². The summed E-state index contributed by atoms with van der Waals surface area (Å²) in [5.41, 5.74) is 1.50. The van der Waals surface area contributed by atoms with Gasteiger partial charge in [-0.15, -0.1) is 0 Å². The molecule has 9 heteroatoms. The summed E-state index contributed by atoms with van der Waals surface area (Å²) in [7, 11) is 0. The largest absolute Gasteiger partial charge is 0.462 e. The summed E-state index contributed by atoms with van der Waals surface area (Å²) in [5, 5.41) is 0.240. The van der Waals surface area contributed by atoms with Gasteiger partial charge in [-0.2, -0.15) is 4.99 Å². The fourth-order valence-corrected chi connectivity index (χ4v) is 4.10. The van der Waals surface area contributed by atoms with Crippen molar-refractivity contribution in [1.82, 2.24) is 14.0 Å². The molecule has 1 amide bonds. The van der Waals surface area contributed by atoms with Gasteiger partial charge in [-0.1, -0.05) is 66.7 Å². The first-order valence-corrected chi connectivity index (χ1v) is 12.4. The van der Waals surface area contributed by atoms with E-state index in [-0.39, 0.29) is 40.9 Å². The number of amides is 1. The molecule has 0 aromatic carbocycles. The molecular weight excluding hydrogens is 524 g/mol.